The van der Waals surface area contributed by atoms with Crippen molar-refractivity contribution in [3.8, 4) is 0 Å². The average molecular weight is 326 g/mol. The molecule has 0 aromatic heterocycles. The van der Waals surface area contributed by atoms with Gasteiger partial charge in [0, 0.05) is 38.8 Å². The fourth-order valence-electron chi connectivity index (χ4n) is 4.94. The van der Waals surface area contributed by atoms with Crippen LogP contribution in [0, 0.1) is 10.8 Å². The van der Waals surface area contributed by atoms with Crippen molar-refractivity contribution in [2.24, 2.45) is 10.8 Å². The van der Waals surface area contributed by atoms with Gasteiger partial charge in [-0.2, -0.15) is 0 Å². The highest BCUT2D eigenvalue weighted by Gasteiger charge is 2.50. The van der Waals surface area contributed by atoms with E-state index >= 15 is 0 Å². The van der Waals surface area contributed by atoms with Gasteiger partial charge in [0.05, 0.1) is 13.2 Å². The predicted octanol–water partition coefficient (Wildman–Crippen LogP) is 2.09. The number of nitrogens with zero attached hydrogens (tertiary/aromatic N) is 2. The van der Waals surface area contributed by atoms with E-state index in [2.05, 4.69) is 35.9 Å². The molecule has 1 saturated carbocycles. The van der Waals surface area contributed by atoms with Gasteiger partial charge in [0.2, 0.25) is 0 Å². The summed E-state index contributed by atoms with van der Waals surface area (Å²) in [5, 5.41) is 4.48. The summed E-state index contributed by atoms with van der Waals surface area (Å²) < 4.78 is 5.39. The average Bonchev–Trinajstić information content (AvgIpc) is 2.69. The highest BCUT2D eigenvalue weighted by molar-refractivity contribution is 7.80. The fraction of sp³-hybridized carbons (Fsp3) is 0.941. The van der Waals surface area contributed by atoms with Gasteiger partial charge in [-0.15, -0.1) is 0 Å². The third-order valence-corrected chi connectivity index (χ3v) is 5.86. The van der Waals surface area contributed by atoms with Crippen LogP contribution in [0.2, 0.25) is 0 Å². The van der Waals surface area contributed by atoms with Crippen LogP contribution in [0.25, 0.3) is 0 Å². The Morgan fingerprint density at radius 2 is 1.95 bits per heavy atom. The Balaban J connectivity index is 1.48. The monoisotopic (exact) mass is 325 g/mol. The summed E-state index contributed by atoms with van der Waals surface area (Å²) in [6.07, 6.45) is 3.90. The minimum absolute atomic E-state index is 0.447. The molecule has 22 heavy (non-hydrogen) atoms. The highest BCUT2D eigenvalue weighted by atomic mass is 32.1. The Morgan fingerprint density at radius 1 is 1.23 bits per heavy atom. The van der Waals surface area contributed by atoms with Crippen molar-refractivity contribution >= 4 is 17.3 Å². The van der Waals surface area contributed by atoms with Crippen LogP contribution in [0.1, 0.15) is 40.0 Å². The van der Waals surface area contributed by atoms with Crippen molar-refractivity contribution in [2.75, 3.05) is 45.9 Å². The first-order valence-corrected chi connectivity index (χ1v) is 9.12. The summed E-state index contributed by atoms with van der Waals surface area (Å²) in [5.41, 5.74) is 0.901. The summed E-state index contributed by atoms with van der Waals surface area (Å²) >= 11 is 5.70. The topological polar surface area (TPSA) is 27.7 Å². The van der Waals surface area contributed by atoms with Crippen molar-refractivity contribution in [2.45, 2.75) is 46.1 Å². The molecular formula is C17H31N3OS. The molecule has 0 spiro atoms. The smallest absolute Gasteiger partial charge is 0.169 e. The number of fused-ring (bicyclic) bond motifs is 2. The van der Waals surface area contributed by atoms with Gasteiger partial charge in [-0.05, 0) is 42.3 Å². The van der Waals surface area contributed by atoms with Gasteiger partial charge in [-0.1, -0.05) is 20.8 Å². The number of hydrogen-bond donors (Lipinski definition) is 1. The van der Waals surface area contributed by atoms with Crippen molar-refractivity contribution in [3.05, 3.63) is 0 Å². The zero-order valence-electron chi connectivity index (χ0n) is 14.4. The summed E-state index contributed by atoms with van der Waals surface area (Å²) in [5.74, 6) is 0. The maximum Gasteiger partial charge on any atom is 0.169 e. The normalized spacial score (nSPS) is 34.7. The molecule has 2 saturated heterocycles. The molecule has 2 heterocycles. The van der Waals surface area contributed by atoms with E-state index in [4.69, 9.17) is 17.0 Å². The summed E-state index contributed by atoms with van der Waals surface area (Å²) in [4.78, 5) is 4.93. The summed E-state index contributed by atoms with van der Waals surface area (Å²) in [7, 11) is 0. The van der Waals surface area contributed by atoms with Gasteiger partial charge in [-0.3, -0.25) is 4.90 Å². The zero-order valence-corrected chi connectivity index (χ0v) is 15.2. The van der Waals surface area contributed by atoms with E-state index < -0.39 is 0 Å². The van der Waals surface area contributed by atoms with Gasteiger partial charge >= 0.3 is 0 Å². The largest absolute Gasteiger partial charge is 0.379 e. The molecule has 2 aliphatic heterocycles. The zero-order chi connectivity index (χ0) is 15.8. The minimum Gasteiger partial charge on any atom is -0.379 e. The molecule has 2 bridgehead atoms. The van der Waals surface area contributed by atoms with Gasteiger partial charge in [0.25, 0.3) is 0 Å². The molecule has 1 aliphatic carbocycles. The van der Waals surface area contributed by atoms with Crippen LogP contribution in [-0.2, 0) is 4.74 Å². The van der Waals surface area contributed by atoms with Gasteiger partial charge in [0.1, 0.15) is 0 Å². The van der Waals surface area contributed by atoms with Crippen molar-refractivity contribution in [1.29, 1.82) is 0 Å². The predicted molar refractivity (Wildman–Crippen MR) is 94.1 cm³/mol. The molecule has 2 atom stereocenters. The lowest BCUT2D eigenvalue weighted by molar-refractivity contribution is 0.0388. The van der Waals surface area contributed by atoms with Crippen LogP contribution in [0.5, 0.6) is 0 Å². The van der Waals surface area contributed by atoms with E-state index in [0.717, 1.165) is 51.0 Å². The lowest BCUT2D eigenvalue weighted by Gasteiger charge is -2.39. The molecule has 4 nitrogen and oxygen atoms in total. The quantitative estimate of drug-likeness (QED) is 0.802. The van der Waals surface area contributed by atoms with Gasteiger partial charge in [-0.25, -0.2) is 0 Å². The fourth-order valence-corrected chi connectivity index (χ4v) is 5.26. The molecule has 3 fully saturated rings. The van der Waals surface area contributed by atoms with E-state index in [0.29, 0.717) is 16.9 Å². The van der Waals surface area contributed by atoms with E-state index in [9.17, 15) is 0 Å². The Labute approximate surface area is 140 Å². The Morgan fingerprint density at radius 3 is 2.68 bits per heavy atom. The first kappa shape index (κ1) is 16.5. The van der Waals surface area contributed by atoms with Crippen LogP contribution in [0.4, 0.5) is 0 Å². The van der Waals surface area contributed by atoms with Crippen molar-refractivity contribution in [1.82, 2.24) is 15.1 Å². The molecule has 0 radical (unpaired) electrons. The molecule has 126 valence electrons. The number of morpholine rings is 1. The molecule has 3 rings (SSSR count). The first-order chi connectivity index (χ1) is 10.4. The minimum atomic E-state index is 0.447. The maximum atomic E-state index is 5.70. The molecule has 2 unspecified atom stereocenters. The van der Waals surface area contributed by atoms with Crippen molar-refractivity contribution < 1.29 is 4.74 Å². The van der Waals surface area contributed by atoms with Crippen LogP contribution in [-0.4, -0.2) is 66.9 Å². The number of thiocarbonyl (C=S) groups is 1. The summed E-state index contributed by atoms with van der Waals surface area (Å²) in [6, 6.07) is 0.636. The molecule has 5 heteroatoms. The second kappa shape index (κ2) is 6.25. The standard InChI is InChI=1S/C17H31N3OS/c1-16(2)10-14-11-17(3,12-16)13-20(14)15(22)18-4-5-19-6-8-21-9-7-19/h14H,4-13H2,1-3H3,(H,18,22). The molecule has 3 aliphatic rings. The molecule has 0 amide bonds. The van der Waals surface area contributed by atoms with Crippen LogP contribution >= 0.6 is 12.2 Å². The Bertz CT molecular complexity index is 422. The second-order valence-electron chi connectivity index (χ2n) is 8.53. The maximum absolute atomic E-state index is 5.70. The molecule has 1 N–H and O–H groups in total. The van der Waals surface area contributed by atoms with E-state index in [-0.39, 0.29) is 0 Å². The lowest BCUT2D eigenvalue weighted by Crippen LogP contribution is -2.46. The summed E-state index contributed by atoms with van der Waals surface area (Å²) in [6.45, 7) is 14.2. The second-order valence-corrected chi connectivity index (χ2v) is 8.91. The lowest BCUT2D eigenvalue weighted by atomic mass is 9.65. The van der Waals surface area contributed by atoms with Gasteiger partial charge < -0.3 is 15.0 Å². The van der Waals surface area contributed by atoms with Crippen LogP contribution < -0.4 is 5.32 Å². The van der Waals surface area contributed by atoms with E-state index in [1.807, 2.05) is 0 Å². The number of hydrogen-bond acceptors (Lipinski definition) is 3. The Kier molecular flexibility index (Phi) is 4.68. The SMILES string of the molecule is CC1(C)CC2CC(C)(CN2C(=S)NCCN2CCOCC2)C1. The number of likely N-dealkylation sites (tertiary alicyclic amines) is 1. The molecular weight excluding hydrogens is 294 g/mol. The van der Waals surface area contributed by atoms with Crippen molar-refractivity contribution in [3.63, 3.8) is 0 Å². The van der Waals surface area contributed by atoms with Crippen LogP contribution in [0.15, 0.2) is 0 Å². The van der Waals surface area contributed by atoms with Gasteiger partial charge in [0.15, 0.2) is 5.11 Å². The molecule has 0 aromatic carbocycles. The molecule has 0 aromatic rings. The number of ether oxygens (including phenoxy) is 1. The van der Waals surface area contributed by atoms with E-state index in [1.54, 1.807) is 0 Å². The Hall–Kier alpha value is -0.390. The first-order valence-electron chi connectivity index (χ1n) is 8.72. The third kappa shape index (κ3) is 3.74. The number of rotatable bonds is 3. The van der Waals surface area contributed by atoms with E-state index in [1.165, 1.54) is 19.3 Å². The third-order valence-electron chi connectivity index (χ3n) is 5.48. The highest BCUT2D eigenvalue weighted by Crippen LogP contribution is 2.52. The number of nitrogens with one attached hydrogen (secondary N) is 1. The van der Waals surface area contributed by atoms with Crippen LogP contribution in [0.3, 0.4) is 0 Å².